The average molecular weight is 386 g/mol. The van der Waals surface area contributed by atoms with Crippen molar-refractivity contribution >= 4 is 33.0 Å². The minimum Gasteiger partial charge on any atom is -0.299 e. The van der Waals surface area contributed by atoms with Crippen molar-refractivity contribution in [3.05, 3.63) is 46.6 Å². The molecule has 2 aromatic rings. The molecule has 1 aliphatic heterocycles. The normalized spacial score (nSPS) is 17.2. The quantitative estimate of drug-likeness (QED) is 0.830. The predicted molar refractivity (Wildman–Crippen MR) is 96.8 cm³/mol. The maximum Gasteiger partial charge on any atom is 0.250 e. The highest BCUT2D eigenvalue weighted by molar-refractivity contribution is 7.91. The van der Waals surface area contributed by atoms with E-state index in [2.05, 4.69) is 14.6 Å². The Balaban J connectivity index is 1.46. The molecule has 1 N–H and O–H groups in total. The van der Waals surface area contributed by atoms with Gasteiger partial charge in [0, 0.05) is 25.5 Å². The molecule has 24 heavy (non-hydrogen) atoms. The molecule has 0 radical (unpaired) electrons. The van der Waals surface area contributed by atoms with Gasteiger partial charge in [-0.3, -0.25) is 9.88 Å². The van der Waals surface area contributed by atoms with E-state index in [1.165, 1.54) is 5.56 Å². The van der Waals surface area contributed by atoms with E-state index in [4.69, 9.17) is 11.6 Å². The predicted octanol–water partition coefficient (Wildman–Crippen LogP) is 2.99. The Bertz CT molecular complexity index is 757. The van der Waals surface area contributed by atoms with Crippen molar-refractivity contribution < 1.29 is 8.42 Å². The molecule has 0 amide bonds. The Morgan fingerprint density at radius 3 is 2.54 bits per heavy atom. The van der Waals surface area contributed by atoms with E-state index in [1.807, 2.05) is 24.5 Å². The van der Waals surface area contributed by atoms with E-state index >= 15 is 0 Å². The number of nitrogens with zero attached hydrogens (tertiary/aromatic N) is 2. The molecule has 2 aromatic heterocycles. The Hall–Kier alpha value is -0.990. The van der Waals surface area contributed by atoms with Crippen LogP contribution in [0.2, 0.25) is 4.34 Å². The summed E-state index contributed by atoms with van der Waals surface area (Å²) in [6.07, 6.45) is 5.62. The van der Waals surface area contributed by atoms with Crippen molar-refractivity contribution in [3.8, 4) is 0 Å². The van der Waals surface area contributed by atoms with Gasteiger partial charge in [-0.15, -0.1) is 11.3 Å². The fourth-order valence-electron chi connectivity index (χ4n) is 2.84. The SMILES string of the molecule is O=S(=O)(NCC1CCN(Cc2ccncc2)CC1)c1ccc(Cl)s1. The average Bonchev–Trinajstić information content (AvgIpc) is 3.03. The van der Waals surface area contributed by atoms with E-state index < -0.39 is 10.0 Å². The van der Waals surface area contributed by atoms with Gasteiger partial charge in [0.25, 0.3) is 0 Å². The summed E-state index contributed by atoms with van der Waals surface area (Å²) in [5.74, 6) is 0.379. The summed E-state index contributed by atoms with van der Waals surface area (Å²) in [7, 11) is -3.44. The van der Waals surface area contributed by atoms with E-state index in [9.17, 15) is 8.42 Å². The van der Waals surface area contributed by atoms with Crippen LogP contribution in [0.25, 0.3) is 0 Å². The van der Waals surface area contributed by atoms with Crippen LogP contribution in [0.15, 0.2) is 40.9 Å². The van der Waals surface area contributed by atoms with Crippen molar-refractivity contribution in [2.45, 2.75) is 23.6 Å². The van der Waals surface area contributed by atoms with Gasteiger partial charge >= 0.3 is 0 Å². The van der Waals surface area contributed by atoms with Gasteiger partial charge in [0.15, 0.2) is 0 Å². The fourth-order valence-corrected chi connectivity index (χ4v) is 5.48. The number of rotatable bonds is 6. The second kappa shape index (κ2) is 7.93. The van der Waals surface area contributed by atoms with Crippen LogP contribution in [0.5, 0.6) is 0 Å². The van der Waals surface area contributed by atoms with Crippen molar-refractivity contribution in [3.63, 3.8) is 0 Å². The largest absolute Gasteiger partial charge is 0.299 e. The first-order valence-electron chi connectivity index (χ1n) is 7.89. The number of piperidine rings is 1. The molecule has 3 heterocycles. The highest BCUT2D eigenvalue weighted by atomic mass is 35.5. The highest BCUT2D eigenvalue weighted by Gasteiger charge is 2.22. The summed E-state index contributed by atoms with van der Waals surface area (Å²) >= 11 is 6.90. The fraction of sp³-hybridized carbons (Fsp3) is 0.438. The van der Waals surface area contributed by atoms with Crippen molar-refractivity contribution in [1.82, 2.24) is 14.6 Å². The molecule has 0 aromatic carbocycles. The second-order valence-electron chi connectivity index (χ2n) is 5.99. The third-order valence-corrected chi connectivity index (χ3v) is 7.38. The van der Waals surface area contributed by atoms with Crippen molar-refractivity contribution in [1.29, 1.82) is 0 Å². The molecule has 5 nitrogen and oxygen atoms in total. The third kappa shape index (κ3) is 4.77. The maximum atomic E-state index is 12.2. The number of nitrogens with one attached hydrogen (secondary N) is 1. The molecule has 0 saturated carbocycles. The van der Waals surface area contributed by atoms with Crippen LogP contribution in [-0.4, -0.2) is 37.9 Å². The van der Waals surface area contributed by atoms with E-state index in [-0.39, 0.29) is 4.21 Å². The Morgan fingerprint density at radius 2 is 1.92 bits per heavy atom. The number of hydrogen-bond acceptors (Lipinski definition) is 5. The monoisotopic (exact) mass is 385 g/mol. The minimum atomic E-state index is -3.44. The van der Waals surface area contributed by atoms with Crippen LogP contribution in [0.3, 0.4) is 0 Å². The van der Waals surface area contributed by atoms with E-state index in [1.54, 1.807) is 12.1 Å². The van der Waals surface area contributed by atoms with Gasteiger partial charge in [-0.25, -0.2) is 13.1 Å². The Labute approximate surface area is 151 Å². The van der Waals surface area contributed by atoms with Crippen LogP contribution in [0.1, 0.15) is 18.4 Å². The van der Waals surface area contributed by atoms with Gasteiger partial charge in [0.2, 0.25) is 10.0 Å². The van der Waals surface area contributed by atoms with Gasteiger partial charge in [-0.2, -0.15) is 0 Å². The summed E-state index contributed by atoms with van der Waals surface area (Å²) in [6, 6.07) is 7.23. The van der Waals surface area contributed by atoms with Gasteiger partial charge in [0.1, 0.15) is 4.21 Å². The molecule has 130 valence electrons. The Morgan fingerprint density at radius 1 is 1.21 bits per heavy atom. The van der Waals surface area contributed by atoms with Crippen molar-refractivity contribution in [2.24, 2.45) is 5.92 Å². The van der Waals surface area contributed by atoms with E-state index in [0.717, 1.165) is 43.8 Å². The molecular formula is C16H20ClN3O2S2. The van der Waals surface area contributed by atoms with E-state index in [0.29, 0.717) is 16.8 Å². The zero-order chi connectivity index (χ0) is 17.0. The van der Waals surface area contributed by atoms with Gasteiger partial charge in [-0.05, 0) is 61.7 Å². The maximum absolute atomic E-state index is 12.2. The number of sulfonamides is 1. The number of halogens is 1. The highest BCUT2D eigenvalue weighted by Crippen LogP contribution is 2.26. The van der Waals surface area contributed by atoms with Crippen molar-refractivity contribution in [2.75, 3.05) is 19.6 Å². The molecule has 8 heteroatoms. The van der Waals surface area contributed by atoms with Crippen LogP contribution >= 0.6 is 22.9 Å². The molecule has 0 atom stereocenters. The molecule has 3 rings (SSSR count). The zero-order valence-electron chi connectivity index (χ0n) is 13.2. The first-order chi connectivity index (χ1) is 11.5. The Kier molecular flexibility index (Phi) is 5.89. The summed E-state index contributed by atoms with van der Waals surface area (Å²) in [4.78, 5) is 6.44. The summed E-state index contributed by atoms with van der Waals surface area (Å²) in [5, 5.41) is 0. The molecule has 0 bridgehead atoms. The number of likely N-dealkylation sites (tertiary alicyclic amines) is 1. The van der Waals surface area contributed by atoms with Crippen LogP contribution < -0.4 is 4.72 Å². The lowest BCUT2D eigenvalue weighted by Crippen LogP contribution is -2.38. The number of aromatic nitrogens is 1. The topological polar surface area (TPSA) is 62.3 Å². The lowest BCUT2D eigenvalue weighted by molar-refractivity contribution is 0.178. The molecule has 1 aliphatic rings. The standard InChI is InChI=1S/C16H20ClN3O2S2/c17-15-1-2-16(23-15)24(21,22)19-11-13-5-9-20(10-6-13)12-14-3-7-18-8-4-14/h1-4,7-8,13,19H,5-6,9-12H2. The number of hydrogen-bond donors (Lipinski definition) is 1. The smallest absolute Gasteiger partial charge is 0.250 e. The van der Waals surface area contributed by atoms with Gasteiger partial charge < -0.3 is 0 Å². The van der Waals surface area contributed by atoms with Gasteiger partial charge in [0.05, 0.1) is 4.34 Å². The number of thiophene rings is 1. The molecule has 0 unspecified atom stereocenters. The summed E-state index contributed by atoms with van der Waals surface area (Å²) < 4.78 is 27.9. The minimum absolute atomic E-state index is 0.280. The van der Waals surface area contributed by atoms with Crippen LogP contribution in [0.4, 0.5) is 0 Å². The molecule has 1 fully saturated rings. The molecule has 1 saturated heterocycles. The third-order valence-electron chi connectivity index (χ3n) is 4.24. The van der Waals surface area contributed by atoms with Gasteiger partial charge in [-0.1, -0.05) is 11.6 Å². The second-order valence-corrected chi connectivity index (χ2v) is 9.69. The lowest BCUT2D eigenvalue weighted by Gasteiger charge is -2.31. The summed E-state index contributed by atoms with van der Waals surface area (Å²) in [6.45, 7) is 3.38. The first-order valence-corrected chi connectivity index (χ1v) is 10.6. The molecule has 0 aliphatic carbocycles. The summed E-state index contributed by atoms with van der Waals surface area (Å²) in [5.41, 5.74) is 1.26. The molecule has 0 spiro atoms. The lowest BCUT2D eigenvalue weighted by atomic mass is 9.97. The number of pyridine rings is 1. The molecular weight excluding hydrogens is 366 g/mol. The first kappa shape index (κ1) is 17.8. The zero-order valence-corrected chi connectivity index (χ0v) is 15.6. The van der Waals surface area contributed by atoms with Crippen LogP contribution in [-0.2, 0) is 16.6 Å². The van der Waals surface area contributed by atoms with Crippen LogP contribution in [0, 0.1) is 5.92 Å².